The Bertz CT molecular complexity index is 431. The summed E-state index contributed by atoms with van der Waals surface area (Å²) < 4.78 is 36.4. The van der Waals surface area contributed by atoms with E-state index in [2.05, 4.69) is 0 Å². The van der Waals surface area contributed by atoms with Crippen LogP contribution in [0.1, 0.15) is 18.9 Å². The summed E-state index contributed by atoms with van der Waals surface area (Å²) in [5.74, 6) is 0. The first-order chi connectivity index (χ1) is 9.37. The van der Waals surface area contributed by atoms with Crippen molar-refractivity contribution >= 4 is 11.7 Å². The van der Waals surface area contributed by atoms with Crippen LogP contribution in [0.2, 0.25) is 0 Å². The topological polar surface area (TPSA) is 58.4 Å². The summed E-state index contributed by atoms with van der Waals surface area (Å²) >= 11 is 0. The Morgan fingerprint density at radius 1 is 1.30 bits per heavy atom. The fourth-order valence-corrected chi connectivity index (χ4v) is 1.65. The number of nitrogens with zero attached hydrogens (tertiary/aromatic N) is 1. The Labute approximate surface area is 115 Å². The number of hydrogen-bond donors (Lipinski definition) is 2. The van der Waals surface area contributed by atoms with Gasteiger partial charge in [0.1, 0.15) is 6.54 Å². The molecule has 4 nitrogen and oxygen atoms in total. The molecule has 0 atom stereocenters. The fourth-order valence-electron chi connectivity index (χ4n) is 1.65. The molecule has 0 aromatic heterocycles. The smallest absolute Gasteiger partial charge is 0.329 e. The van der Waals surface area contributed by atoms with Gasteiger partial charge in [-0.15, -0.1) is 0 Å². The normalized spacial score (nSPS) is 11.2. The van der Waals surface area contributed by atoms with E-state index in [-0.39, 0.29) is 0 Å². The van der Waals surface area contributed by atoms with E-state index in [1.165, 1.54) is 4.90 Å². The number of halogens is 3. The van der Waals surface area contributed by atoms with Crippen LogP contribution in [0.3, 0.4) is 0 Å². The Balaban J connectivity index is 2.78. The third kappa shape index (κ3) is 5.08. The Morgan fingerprint density at radius 2 is 1.90 bits per heavy atom. The van der Waals surface area contributed by atoms with Crippen molar-refractivity contribution in [2.24, 2.45) is 5.73 Å². The van der Waals surface area contributed by atoms with Crippen molar-refractivity contribution in [3.05, 3.63) is 29.8 Å². The monoisotopic (exact) mass is 289 g/mol. The molecule has 0 saturated heterocycles. The Morgan fingerprint density at radius 3 is 2.35 bits per heavy atom. The number of amides is 2. The van der Waals surface area contributed by atoms with Crippen LogP contribution in [0.4, 0.5) is 23.7 Å². The second-order valence-corrected chi connectivity index (χ2v) is 4.30. The Hall–Kier alpha value is -1.76. The van der Waals surface area contributed by atoms with Crippen LogP contribution < -0.4 is 16.0 Å². The van der Waals surface area contributed by atoms with Crippen LogP contribution in [0.5, 0.6) is 0 Å². The number of benzene rings is 1. The van der Waals surface area contributed by atoms with E-state index in [4.69, 9.17) is 5.73 Å². The van der Waals surface area contributed by atoms with Crippen molar-refractivity contribution in [3.63, 3.8) is 0 Å². The van der Waals surface area contributed by atoms with E-state index in [1.54, 1.807) is 24.3 Å². The summed E-state index contributed by atoms with van der Waals surface area (Å²) in [7, 11) is 0. The third-order valence-electron chi connectivity index (χ3n) is 2.62. The highest BCUT2D eigenvalue weighted by atomic mass is 19.4. The Kier molecular flexibility index (Phi) is 5.82. The first-order valence-corrected chi connectivity index (χ1v) is 6.28. The number of anilines is 1. The van der Waals surface area contributed by atoms with Gasteiger partial charge in [-0.25, -0.2) is 4.79 Å². The lowest BCUT2D eigenvalue weighted by atomic mass is 10.2. The van der Waals surface area contributed by atoms with Gasteiger partial charge in [0.05, 0.1) is 0 Å². The second kappa shape index (κ2) is 7.14. The van der Waals surface area contributed by atoms with Crippen LogP contribution in [0, 0.1) is 0 Å². The lowest BCUT2D eigenvalue weighted by molar-refractivity contribution is -0.122. The molecule has 0 aliphatic heterocycles. The predicted molar refractivity (Wildman–Crippen MR) is 71.4 cm³/mol. The van der Waals surface area contributed by atoms with Gasteiger partial charge in [-0.1, -0.05) is 19.1 Å². The van der Waals surface area contributed by atoms with E-state index in [1.807, 2.05) is 12.2 Å². The predicted octanol–water partition coefficient (Wildman–Crippen LogP) is 2.63. The van der Waals surface area contributed by atoms with Gasteiger partial charge in [0.2, 0.25) is 0 Å². The number of alkyl halides is 3. The van der Waals surface area contributed by atoms with Crippen molar-refractivity contribution in [3.8, 4) is 0 Å². The molecule has 0 aliphatic carbocycles. The number of carbonyl (C=O) groups is 1. The number of nitrogens with one attached hydrogen (secondary N) is 1. The molecule has 0 bridgehead atoms. The summed E-state index contributed by atoms with van der Waals surface area (Å²) in [6.07, 6.45) is -3.78. The maximum Gasteiger partial charge on any atom is 0.405 e. The average molecular weight is 289 g/mol. The van der Waals surface area contributed by atoms with Crippen LogP contribution in [-0.2, 0) is 6.54 Å². The quantitative estimate of drug-likeness (QED) is 0.875. The molecule has 0 aliphatic rings. The van der Waals surface area contributed by atoms with Gasteiger partial charge in [-0.05, 0) is 24.1 Å². The van der Waals surface area contributed by atoms with Crippen molar-refractivity contribution in [2.45, 2.75) is 26.1 Å². The maximum atomic E-state index is 12.1. The summed E-state index contributed by atoms with van der Waals surface area (Å²) in [4.78, 5) is 13.1. The number of hydrogen-bond acceptors (Lipinski definition) is 2. The zero-order chi connectivity index (χ0) is 15.2. The molecule has 1 aromatic rings. The highest BCUT2D eigenvalue weighted by Gasteiger charge is 2.29. The van der Waals surface area contributed by atoms with E-state index in [0.717, 1.165) is 5.56 Å². The van der Waals surface area contributed by atoms with Crippen molar-refractivity contribution < 1.29 is 18.0 Å². The maximum absolute atomic E-state index is 12.1. The van der Waals surface area contributed by atoms with Gasteiger partial charge in [-0.2, -0.15) is 13.2 Å². The van der Waals surface area contributed by atoms with Crippen LogP contribution in [0.15, 0.2) is 24.3 Å². The van der Waals surface area contributed by atoms with E-state index >= 15 is 0 Å². The number of carbonyl (C=O) groups excluding carboxylic acids is 1. The number of urea groups is 1. The van der Waals surface area contributed by atoms with E-state index < -0.39 is 18.8 Å². The van der Waals surface area contributed by atoms with Gasteiger partial charge in [0, 0.05) is 18.8 Å². The minimum atomic E-state index is -4.42. The zero-order valence-electron chi connectivity index (χ0n) is 11.2. The van der Waals surface area contributed by atoms with Crippen LogP contribution in [-0.4, -0.2) is 25.3 Å². The molecule has 0 saturated carbocycles. The molecule has 0 heterocycles. The number of nitrogens with two attached hydrogens (primary N) is 1. The first kappa shape index (κ1) is 16.3. The standard InChI is InChI=1S/C13H18F3N3O/c1-2-7-19(12(20)18-9-13(14,15)16)11-5-3-10(8-17)4-6-11/h3-6H,2,7-9,17H2,1H3,(H,18,20). The molecule has 0 spiro atoms. The lowest BCUT2D eigenvalue weighted by Gasteiger charge is -2.23. The van der Waals surface area contributed by atoms with Gasteiger partial charge < -0.3 is 11.1 Å². The molecule has 1 rings (SSSR count). The van der Waals surface area contributed by atoms with Crippen molar-refractivity contribution in [1.82, 2.24) is 5.32 Å². The molecule has 0 fully saturated rings. The van der Waals surface area contributed by atoms with Crippen LogP contribution in [0.25, 0.3) is 0 Å². The van der Waals surface area contributed by atoms with Gasteiger partial charge >= 0.3 is 12.2 Å². The van der Waals surface area contributed by atoms with E-state index in [0.29, 0.717) is 25.2 Å². The second-order valence-electron chi connectivity index (χ2n) is 4.30. The summed E-state index contributed by atoms with van der Waals surface area (Å²) in [6, 6.07) is 6.07. The molecule has 7 heteroatoms. The fraction of sp³-hybridized carbons (Fsp3) is 0.462. The minimum Gasteiger partial charge on any atom is -0.329 e. The largest absolute Gasteiger partial charge is 0.405 e. The zero-order valence-corrected chi connectivity index (χ0v) is 11.2. The molecule has 0 unspecified atom stereocenters. The SMILES string of the molecule is CCCN(C(=O)NCC(F)(F)F)c1ccc(CN)cc1. The van der Waals surface area contributed by atoms with Crippen LogP contribution >= 0.6 is 0 Å². The number of rotatable bonds is 5. The third-order valence-corrected chi connectivity index (χ3v) is 2.62. The molecule has 2 amide bonds. The molecular formula is C13H18F3N3O. The average Bonchev–Trinajstić information content (AvgIpc) is 2.41. The lowest BCUT2D eigenvalue weighted by Crippen LogP contribution is -2.44. The summed E-state index contributed by atoms with van der Waals surface area (Å²) in [6.45, 7) is 1.21. The highest BCUT2D eigenvalue weighted by Crippen LogP contribution is 2.17. The van der Waals surface area contributed by atoms with Gasteiger partial charge in [-0.3, -0.25) is 4.90 Å². The van der Waals surface area contributed by atoms with Gasteiger partial charge in [0.25, 0.3) is 0 Å². The van der Waals surface area contributed by atoms with Crippen molar-refractivity contribution in [2.75, 3.05) is 18.0 Å². The summed E-state index contributed by atoms with van der Waals surface area (Å²) in [5.41, 5.74) is 6.91. The molecule has 3 N–H and O–H groups in total. The highest BCUT2D eigenvalue weighted by molar-refractivity contribution is 5.91. The molecule has 0 radical (unpaired) electrons. The first-order valence-electron chi connectivity index (χ1n) is 6.28. The molecule has 20 heavy (non-hydrogen) atoms. The van der Waals surface area contributed by atoms with E-state index in [9.17, 15) is 18.0 Å². The minimum absolute atomic E-state index is 0.339. The van der Waals surface area contributed by atoms with Crippen molar-refractivity contribution in [1.29, 1.82) is 0 Å². The molecular weight excluding hydrogens is 271 g/mol. The summed E-state index contributed by atoms with van der Waals surface area (Å²) in [5, 5.41) is 1.87. The molecule has 1 aromatic carbocycles. The molecule has 112 valence electrons. The van der Waals surface area contributed by atoms with Gasteiger partial charge in [0.15, 0.2) is 0 Å².